The third-order valence-corrected chi connectivity index (χ3v) is 14.4. The van der Waals surface area contributed by atoms with E-state index < -0.39 is 38.2 Å². The molecule has 72 heavy (non-hydrogen) atoms. The quantitative estimate of drug-likeness (QED) is 0.172. The number of hydrogen-bond acceptors (Lipinski definition) is 3. The number of hydrogen-bond donors (Lipinski definition) is 0. The topological polar surface area (TPSA) is 35.2 Å². The van der Waals surface area contributed by atoms with Crippen molar-refractivity contribution in [2.24, 2.45) is 0 Å². The third kappa shape index (κ3) is 7.56. The summed E-state index contributed by atoms with van der Waals surface area (Å²) in [7, 11) is 0. The number of benzene rings is 8. The van der Waals surface area contributed by atoms with E-state index in [0.717, 1.165) is 60.4 Å². The fourth-order valence-electron chi connectivity index (χ4n) is 10.8. The van der Waals surface area contributed by atoms with Gasteiger partial charge in [-0.25, -0.2) is 4.98 Å². The Bertz CT molecular complexity index is 4510. The van der Waals surface area contributed by atoms with Gasteiger partial charge in [0.15, 0.2) is 0 Å². The Labute approximate surface area is 440 Å². The molecule has 0 radical (unpaired) electrons. The van der Waals surface area contributed by atoms with Gasteiger partial charge in [-0.05, 0) is 121 Å². The summed E-state index contributed by atoms with van der Waals surface area (Å²) in [6.45, 7) is -0.791. The molecule has 11 aromatic rings. The molecule has 0 spiro atoms. The van der Waals surface area contributed by atoms with Crippen LogP contribution in [0, 0.1) is 6.85 Å². The standard InChI is InChI=1S/C67H62N4O/c1-42-29-32-59-64-62(42)56-25-14-13-22-52(56)51-21-11-12-23-53(51)57-27-18-26-50(43-35-45(66(5,6)7)37-46(36-43)67(8,9)10)63(57)70(64)41-69(59)47-19-17-20-48(39-47)72-49-30-31-55-54-24-15-16-28-58(54)71(60(55)40-49)61-38-44(33-34-68-61)65(2,3)4/h11-40H,41H2,1-10H3/i1D3,5D3,6D3,7D3. The van der Waals surface area contributed by atoms with Crippen LogP contribution < -0.4 is 9.64 Å². The van der Waals surface area contributed by atoms with Crippen LogP contribution >= 0.6 is 0 Å². The number of ether oxygens (including phenoxy) is 1. The minimum absolute atomic E-state index is 0.108. The molecule has 0 atom stereocenters. The molecule has 0 amide bonds. The van der Waals surface area contributed by atoms with Gasteiger partial charge in [0.25, 0.3) is 0 Å². The molecule has 3 aromatic heterocycles. The second-order valence-electron chi connectivity index (χ2n) is 21.2. The molecule has 5 heteroatoms. The maximum absolute atomic E-state index is 9.14. The summed E-state index contributed by atoms with van der Waals surface area (Å²) in [5, 5.41) is 6.46. The fraction of sp³-hybridized carbons (Fsp3) is 0.209. The maximum atomic E-state index is 9.14. The van der Waals surface area contributed by atoms with Crippen molar-refractivity contribution in [2.75, 3.05) is 4.90 Å². The van der Waals surface area contributed by atoms with Crippen LogP contribution in [0.4, 0.5) is 11.4 Å². The highest BCUT2D eigenvalue weighted by Crippen LogP contribution is 2.47. The van der Waals surface area contributed by atoms with Crippen molar-refractivity contribution in [2.45, 2.75) is 91.9 Å². The van der Waals surface area contributed by atoms with E-state index in [1.165, 1.54) is 12.1 Å². The predicted molar refractivity (Wildman–Crippen MR) is 306 cm³/mol. The largest absolute Gasteiger partial charge is 0.457 e. The van der Waals surface area contributed by atoms with Gasteiger partial charge >= 0.3 is 0 Å². The van der Waals surface area contributed by atoms with E-state index in [1.54, 1.807) is 6.07 Å². The van der Waals surface area contributed by atoms with Crippen molar-refractivity contribution in [1.29, 1.82) is 0 Å². The Hall–Kier alpha value is -7.89. The molecule has 0 aliphatic carbocycles. The van der Waals surface area contributed by atoms with Gasteiger partial charge in [-0.15, -0.1) is 0 Å². The average molecular weight is 951 g/mol. The minimum atomic E-state index is -3.53. The van der Waals surface area contributed by atoms with Gasteiger partial charge in [-0.3, -0.25) is 4.57 Å². The van der Waals surface area contributed by atoms with Crippen molar-refractivity contribution in [1.82, 2.24) is 14.1 Å². The van der Waals surface area contributed by atoms with Crippen molar-refractivity contribution in [3.05, 3.63) is 204 Å². The van der Waals surface area contributed by atoms with Crippen molar-refractivity contribution < 1.29 is 21.2 Å². The lowest BCUT2D eigenvalue weighted by molar-refractivity contribution is 0.483. The lowest BCUT2D eigenvalue weighted by Gasteiger charge is -2.27. The highest BCUT2D eigenvalue weighted by atomic mass is 16.5. The fourth-order valence-corrected chi connectivity index (χ4v) is 10.8. The van der Waals surface area contributed by atoms with Gasteiger partial charge in [-0.1, -0.05) is 177 Å². The predicted octanol–water partition coefficient (Wildman–Crippen LogP) is 18.5. The summed E-state index contributed by atoms with van der Waals surface area (Å²) in [5.41, 5.74) is 2.71. The number of fused-ring (bicyclic) bond motifs is 10. The summed E-state index contributed by atoms with van der Waals surface area (Å²) >= 11 is 0. The zero-order valence-electron chi connectivity index (χ0n) is 53.2. The SMILES string of the molecule is [2H]C([2H])([2H])c1ccc2c3c1c1ccccc1c1ccccc1c1cccc(-c4cc(C(C)(C)C)cc(C(C([2H])([2H])[2H])(C([2H])([2H])[2H])C([2H])([2H])[2H])c4)c1n3CN2c1cccc(Oc2ccc3c4ccccc4n(-c4cc(C(C)(C)C)ccn4)c3c2)c1. The van der Waals surface area contributed by atoms with Gasteiger partial charge in [0, 0.05) is 67.6 Å². The normalized spacial score (nSPS) is 16.2. The molecule has 1 aliphatic rings. The molecule has 0 unspecified atom stereocenters. The molecule has 5 nitrogen and oxygen atoms in total. The van der Waals surface area contributed by atoms with Gasteiger partial charge in [0.2, 0.25) is 0 Å². The molecule has 1 aliphatic heterocycles. The van der Waals surface area contributed by atoms with Crippen molar-refractivity contribution >= 4 is 76.5 Å². The van der Waals surface area contributed by atoms with Crippen molar-refractivity contribution in [3.63, 3.8) is 0 Å². The number of pyridine rings is 1. The first kappa shape index (κ1) is 33.7. The molecule has 12 rings (SSSR count). The van der Waals surface area contributed by atoms with Gasteiger partial charge < -0.3 is 14.2 Å². The molecule has 0 bridgehead atoms. The Morgan fingerprint density at radius 3 is 1.88 bits per heavy atom. The third-order valence-electron chi connectivity index (χ3n) is 14.4. The Balaban J connectivity index is 1.13. The molecule has 4 heterocycles. The van der Waals surface area contributed by atoms with Crippen LogP contribution in [0.5, 0.6) is 11.5 Å². The molecule has 0 N–H and O–H groups in total. The molecular weight excluding hydrogens is 877 g/mol. The number of anilines is 2. The number of rotatable bonds is 5. The molecule has 0 fully saturated rings. The van der Waals surface area contributed by atoms with Crippen LogP contribution in [0.15, 0.2) is 182 Å². The van der Waals surface area contributed by atoms with Gasteiger partial charge in [0.05, 0.1) is 27.8 Å². The number of para-hydroxylation sites is 2. The zero-order valence-corrected chi connectivity index (χ0v) is 41.2. The van der Waals surface area contributed by atoms with Crippen LogP contribution in [-0.4, -0.2) is 14.1 Å². The van der Waals surface area contributed by atoms with E-state index in [2.05, 4.69) is 65.1 Å². The van der Waals surface area contributed by atoms with Crippen LogP contribution in [0.2, 0.25) is 0 Å². The Morgan fingerprint density at radius 2 is 1.14 bits per heavy atom. The molecule has 0 saturated heterocycles. The Morgan fingerprint density at radius 1 is 0.500 bits per heavy atom. The van der Waals surface area contributed by atoms with Crippen LogP contribution in [0.25, 0.3) is 82.1 Å². The molecule has 8 aromatic carbocycles. The summed E-state index contributed by atoms with van der Waals surface area (Å²) in [6, 6.07) is 56.0. The van der Waals surface area contributed by atoms with E-state index >= 15 is 0 Å². The summed E-state index contributed by atoms with van der Waals surface area (Å²) in [4.78, 5) is 6.99. The molecule has 356 valence electrons. The second-order valence-corrected chi connectivity index (χ2v) is 21.2. The van der Waals surface area contributed by atoms with Crippen LogP contribution in [0.1, 0.15) is 101 Å². The van der Waals surface area contributed by atoms with Gasteiger partial charge in [-0.2, -0.15) is 0 Å². The van der Waals surface area contributed by atoms with E-state index in [0.29, 0.717) is 55.7 Å². The van der Waals surface area contributed by atoms with Crippen molar-refractivity contribution in [3.8, 4) is 28.4 Å². The zero-order chi connectivity index (χ0) is 59.8. The van der Waals surface area contributed by atoms with E-state index in [9.17, 15) is 0 Å². The highest BCUT2D eigenvalue weighted by Gasteiger charge is 2.28. The van der Waals surface area contributed by atoms with E-state index in [1.807, 2.05) is 154 Å². The Kier molecular flexibility index (Phi) is 7.76. The van der Waals surface area contributed by atoms with Gasteiger partial charge in [0.1, 0.15) is 24.0 Å². The first-order valence-corrected chi connectivity index (χ1v) is 24.5. The van der Waals surface area contributed by atoms with Crippen LogP contribution in [0.3, 0.4) is 0 Å². The lowest BCUT2D eigenvalue weighted by Crippen LogP contribution is -2.17. The smallest absolute Gasteiger partial charge is 0.137 e. The van der Waals surface area contributed by atoms with Crippen LogP contribution in [-0.2, 0) is 22.9 Å². The first-order chi connectivity index (χ1) is 39.5. The monoisotopic (exact) mass is 951 g/mol. The number of aromatic nitrogens is 3. The highest BCUT2D eigenvalue weighted by molar-refractivity contribution is 6.22. The second kappa shape index (κ2) is 16.6. The summed E-state index contributed by atoms with van der Waals surface area (Å²) in [5.74, 6) is 1.92. The number of aryl methyl sites for hydroxylation is 1. The molecular formula is C67H62N4O. The summed E-state index contributed by atoms with van der Waals surface area (Å²) in [6.07, 6.45) is 1.86. The maximum Gasteiger partial charge on any atom is 0.137 e. The van der Waals surface area contributed by atoms with E-state index in [4.69, 9.17) is 26.2 Å². The minimum Gasteiger partial charge on any atom is -0.457 e. The summed E-state index contributed by atoms with van der Waals surface area (Å²) < 4.78 is 118. The first-order valence-electron chi connectivity index (χ1n) is 30.5. The average Bonchev–Trinajstić information content (AvgIpc) is 1.87. The number of nitrogens with zero attached hydrogens (tertiary/aromatic N) is 4. The lowest BCUT2D eigenvalue weighted by atomic mass is 9.78. The van der Waals surface area contributed by atoms with E-state index in [-0.39, 0.29) is 23.2 Å². The molecule has 0 saturated carbocycles.